The summed E-state index contributed by atoms with van der Waals surface area (Å²) in [4.78, 5) is 20.3. The summed E-state index contributed by atoms with van der Waals surface area (Å²) >= 11 is 6.09. The Labute approximate surface area is 197 Å². The zero-order valence-corrected chi connectivity index (χ0v) is 19.6. The predicted octanol–water partition coefficient (Wildman–Crippen LogP) is 6.25. The summed E-state index contributed by atoms with van der Waals surface area (Å²) in [6, 6.07) is 13.1. The lowest BCUT2D eigenvalue weighted by molar-refractivity contribution is -0.131. The minimum atomic E-state index is -0.404. The second-order valence-electron chi connectivity index (χ2n) is 7.60. The molecule has 0 bridgehead atoms. The Balaban J connectivity index is 1.73. The third kappa shape index (κ3) is 4.93. The standard InChI is InChI=1S/C25H24ClN3O4/c1-5-21(32-22-11-10-20(14-15(22)2)31-17(4)30)24-23(18-6-8-19(26)9-7-18)28-25(33-24)29-13-12-27-16(29)3/h6-14,21H,5H2,1-4H3. The third-order valence-corrected chi connectivity index (χ3v) is 5.38. The number of hydrogen-bond donors (Lipinski definition) is 0. The van der Waals surface area contributed by atoms with Gasteiger partial charge in [-0.05, 0) is 56.2 Å². The van der Waals surface area contributed by atoms with Crippen LogP contribution in [0.5, 0.6) is 11.5 Å². The van der Waals surface area contributed by atoms with Crippen LogP contribution in [0.2, 0.25) is 5.02 Å². The first-order valence-electron chi connectivity index (χ1n) is 10.6. The molecule has 2 aromatic heterocycles. The van der Waals surface area contributed by atoms with Gasteiger partial charge in [0.2, 0.25) is 0 Å². The van der Waals surface area contributed by atoms with E-state index in [4.69, 9.17) is 30.5 Å². The van der Waals surface area contributed by atoms with E-state index in [0.29, 0.717) is 40.4 Å². The van der Waals surface area contributed by atoms with E-state index >= 15 is 0 Å². The van der Waals surface area contributed by atoms with Crippen LogP contribution in [0.4, 0.5) is 0 Å². The second-order valence-corrected chi connectivity index (χ2v) is 8.03. The number of imidazole rings is 1. The molecule has 1 unspecified atom stereocenters. The number of hydrogen-bond acceptors (Lipinski definition) is 6. The van der Waals surface area contributed by atoms with Crippen molar-refractivity contribution >= 4 is 17.6 Å². The van der Waals surface area contributed by atoms with E-state index in [0.717, 1.165) is 17.0 Å². The van der Waals surface area contributed by atoms with Crippen LogP contribution in [0.1, 0.15) is 43.5 Å². The molecule has 0 N–H and O–H groups in total. The molecule has 2 aromatic carbocycles. The fourth-order valence-electron chi connectivity index (χ4n) is 3.50. The smallest absolute Gasteiger partial charge is 0.308 e. The maximum Gasteiger partial charge on any atom is 0.308 e. The number of aromatic nitrogens is 3. The van der Waals surface area contributed by atoms with Crippen molar-refractivity contribution in [2.45, 2.75) is 40.2 Å². The quantitative estimate of drug-likeness (QED) is 0.237. The summed E-state index contributed by atoms with van der Waals surface area (Å²) < 4.78 is 19.6. The molecule has 0 radical (unpaired) electrons. The number of esters is 1. The monoisotopic (exact) mass is 465 g/mol. The van der Waals surface area contributed by atoms with Crippen LogP contribution in [0.3, 0.4) is 0 Å². The number of aryl methyl sites for hydroxylation is 2. The molecule has 0 saturated carbocycles. The first-order valence-corrected chi connectivity index (χ1v) is 11.0. The molecule has 0 saturated heterocycles. The SMILES string of the molecule is CCC(Oc1ccc(OC(C)=O)cc1C)c1oc(-n2ccnc2C)nc1-c1ccc(Cl)cc1. The summed E-state index contributed by atoms with van der Waals surface area (Å²) in [5.41, 5.74) is 2.38. The van der Waals surface area contributed by atoms with Crippen LogP contribution >= 0.6 is 11.6 Å². The van der Waals surface area contributed by atoms with E-state index in [-0.39, 0.29) is 5.97 Å². The van der Waals surface area contributed by atoms with Crippen LogP contribution in [-0.2, 0) is 4.79 Å². The maximum absolute atomic E-state index is 11.2. The molecule has 7 nitrogen and oxygen atoms in total. The van der Waals surface area contributed by atoms with Crippen LogP contribution in [0.25, 0.3) is 17.3 Å². The fourth-order valence-corrected chi connectivity index (χ4v) is 3.62. The third-order valence-electron chi connectivity index (χ3n) is 5.13. The van der Waals surface area contributed by atoms with Crippen molar-refractivity contribution in [3.05, 3.63) is 77.0 Å². The number of carbonyl (C=O) groups excluding carboxylic acids is 1. The minimum absolute atomic E-state index is 0.369. The van der Waals surface area contributed by atoms with Crippen LogP contribution < -0.4 is 9.47 Å². The fraction of sp³-hybridized carbons (Fsp3) is 0.240. The predicted molar refractivity (Wildman–Crippen MR) is 125 cm³/mol. The first-order chi connectivity index (χ1) is 15.9. The molecular weight excluding hydrogens is 442 g/mol. The van der Waals surface area contributed by atoms with Crippen LogP contribution in [0, 0.1) is 13.8 Å². The van der Waals surface area contributed by atoms with E-state index in [1.807, 2.05) is 45.0 Å². The van der Waals surface area contributed by atoms with Gasteiger partial charge in [-0.1, -0.05) is 30.7 Å². The number of halogens is 1. The van der Waals surface area contributed by atoms with E-state index in [2.05, 4.69) is 4.98 Å². The van der Waals surface area contributed by atoms with Gasteiger partial charge >= 0.3 is 12.0 Å². The highest BCUT2D eigenvalue weighted by Gasteiger charge is 2.26. The second kappa shape index (κ2) is 9.50. The summed E-state index contributed by atoms with van der Waals surface area (Å²) in [7, 11) is 0. The van der Waals surface area contributed by atoms with E-state index in [1.165, 1.54) is 6.92 Å². The zero-order valence-electron chi connectivity index (χ0n) is 18.8. The normalized spacial score (nSPS) is 11.9. The molecule has 1 atom stereocenters. The highest BCUT2D eigenvalue weighted by atomic mass is 35.5. The van der Waals surface area contributed by atoms with Gasteiger partial charge in [-0.25, -0.2) is 4.98 Å². The van der Waals surface area contributed by atoms with Crippen molar-refractivity contribution < 1.29 is 18.7 Å². The molecular formula is C25H24ClN3O4. The zero-order chi connectivity index (χ0) is 23.5. The van der Waals surface area contributed by atoms with Crippen LogP contribution in [0.15, 0.2) is 59.3 Å². The highest BCUT2D eigenvalue weighted by Crippen LogP contribution is 2.36. The van der Waals surface area contributed by atoms with E-state index in [9.17, 15) is 4.79 Å². The Morgan fingerprint density at radius 2 is 1.94 bits per heavy atom. The van der Waals surface area contributed by atoms with E-state index < -0.39 is 6.10 Å². The highest BCUT2D eigenvalue weighted by molar-refractivity contribution is 6.30. The largest absolute Gasteiger partial charge is 0.482 e. The molecule has 0 spiro atoms. The Bertz CT molecular complexity index is 1280. The van der Waals surface area contributed by atoms with Crippen LogP contribution in [-0.4, -0.2) is 20.5 Å². The van der Waals surface area contributed by atoms with Crippen molar-refractivity contribution in [3.63, 3.8) is 0 Å². The molecule has 0 aliphatic rings. The summed E-state index contributed by atoms with van der Waals surface area (Å²) in [6.45, 7) is 7.17. The molecule has 4 aromatic rings. The number of nitrogens with zero attached hydrogens (tertiary/aromatic N) is 3. The molecule has 8 heteroatoms. The Kier molecular flexibility index (Phi) is 6.51. The van der Waals surface area contributed by atoms with Crippen molar-refractivity contribution in [1.82, 2.24) is 14.5 Å². The number of oxazole rings is 1. The molecule has 0 amide bonds. The van der Waals surface area contributed by atoms with Gasteiger partial charge < -0.3 is 13.9 Å². The number of carbonyl (C=O) groups is 1. The molecule has 0 fully saturated rings. The van der Waals surface area contributed by atoms with E-state index in [1.54, 1.807) is 35.2 Å². The Hall–Kier alpha value is -3.58. The van der Waals surface area contributed by atoms with Crippen molar-refractivity contribution in [2.75, 3.05) is 0 Å². The molecule has 170 valence electrons. The average molecular weight is 466 g/mol. The van der Waals surface area contributed by atoms with Gasteiger partial charge in [0.15, 0.2) is 11.9 Å². The van der Waals surface area contributed by atoms with Crippen molar-refractivity contribution in [2.24, 2.45) is 0 Å². The van der Waals surface area contributed by atoms with Gasteiger partial charge in [0.05, 0.1) is 0 Å². The Morgan fingerprint density at radius 3 is 2.55 bits per heavy atom. The number of benzene rings is 2. The van der Waals surface area contributed by atoms with Crippen molar-refractivity contribution in [1.29, 1.82) is 0 Å². The van der Waals surface area contributed by atoms with Gasteiger partial charge in [-0.2, -0.15) is 4.98 Å². The van der Waals surface area contributed by atoms with Gasteiger partial charge in [-0.3, -0.25) is 9.36 Å². The molecule has 33 heavy (non-hydrogen) atoms. The average Bonchev–Trinajstić information content (AvgIpc) is 3.40. The molecule has 0 aliphatic carbocycles. The lowest BCUT2D eigenvalue weighted by atomic mass is 10.1. The lowest BCUT2D eigenvalue weighted by Gasteiger charge is -2.18. The topological polar surface area (TPSA) is 79.4 Å². The van der Waals surface area contributed by atoms with Gasteiger partial charge in [0.25, 0.3) is 0 Å². The van der Waals surface area contributed by atoms with Gasteiger partial charge in [0.1, 0.15) is 23.0 Å². The number of rotatable bonds is 7. The summed E-state index contributed by atoms with van der Waals surface area (Å²) in [5, 5.41) is 0.640. The summed E-state index contributed by atoms with van der Waals surface area (Å²) in [5.74, 6) is 2.13. The molecule has 0 aliphatic heterocycles. The lowest BCUT2D eigenvalue weighted by Crippen LogP contribution is -2.08. The maximum atomic E-state index is 11.2. The van der Waals surface area contributed by atoms with Gasteiger partial charge in [0, 0.05) is 29.9 Å². The first kappa shape index (κ1) is 22.6. The number of ether oxygens (including phenoxy) is 2. The Morgan fingerprint density at radius 1 is 1.18 bits per heavy atom. The molecule has 4 rings (SSSR count). The summed E-state index contributed by atoms with van der Waals surface area (Å²) in [6.07, 6.45) is 3.74. The van der Waals surface area contributed by atoms with Gasteiger partial charge in [-0.15, -0.1) is 0 Å². The minimum Gasteiger partial charge on any atom is -0.482 e. The molecule has 2 heterocycles. The van der Waals surface area contributed by atoms with Crippen molar-refractivity contribution in [3.8, 4) is 28.8 Å².